The largest absolute Gasteiger partial charge is 0.490 e. The van der Waals surface area contributed by atoms with Crippen LogP contribution in [0.1, 0.15) is 35.9 Å². The Balaban J connectivity index is 1.82. The van der Waals surface area contributed by atoms with Crippen LogP contribution in [0.15, 0.2) is 18.3 Å². The number of carbonyl (C=O) groups is 1. The predicted molar refractivity (Wildman–Crippen MR) is 101 cm³/mol. The van der Waals surface area contributed by atoms with Gasteiger partial charge in [-0.25, -0.2) is 9.71 Å². The van der Waals surface area contributed by atoms with Gasteiger partial charge in [0.25, 0.3) is 16.1 Å². The predicted octanol–water partition coefficient (Wildman–Crippen LogP) is 0.700. The molecule has 1 aliphatic heterocycles. The second-order valence-corrected chi connectivity index (χ2v) is 8.30. The van der Waals surface area contributed by atoms with Crippen LogP contribution in [-0.2, 0) is 10.2 Å². The van der Waals surface area contributed by atoms with Crippen molar-refractivity contribution in [3.05, 3.63) is 29.7 Å². The molecule has 1 fully saturated rings. The first-order valence-corrected chi connectivity index (χ1v) is 10.4. The summed E-state index contributed by atoms with van der Waals surface area (Å²) < 4.78 is 35.0. The number of pyridine rings is 1. The van der Waals surface area contributed by atoms with E-state index >= 15 is 0 Å². The summed E-state index contributed by atoms with van der Waals surface area (Å²) in [4.78, 5) is 17.4. The lowest BCUT2D eigenvalue weighted by Gasteiger charge is -2.31. The monoisotopic (exact) mass is 395 g/mol. The molecule has 148 valence electrons. The van der Waals surface area contributed by atoms with Crippen LogP contribution in [0.5, 0.6) is 5.75 Å². The number of amides is 1. The van der Waals surface area contributed by atoms with E-state index in [0.717, 1.165) is 6.42 Å². The summed E-state index contributed by atoms with van der Waals surface area (Å²) in [6.07, 6.45) is 3.18. The standard InChI is InChI=1S/C17H25N5O4S/c1-4-26-14-8-6-10-22-15(12(2)19-16(14)22)17(23)20-13-7-5-9-21(11-13)27(24,25)18-3/h6,8,10,13,18H,4-5,7,9,11H2,1-3H3,(H,20,23)/t13-/m0/s1. The van der Waals surface area contributed by atoms with Crippen molar-refractivity contribution in [1.82, 2.24) is 23.7 Å². The Bertz CT molecular complexity index is 940. The number of ether oxygens (including phenoxy) is 1. The summed E-state index contributed by atoms with van der Waals surface area (Å²) in [5.74, 6) is 0.341. The Labute approximate surface area is 158 Å². The maximum Gasteiger partial charge on any atom is 0.279 e. The third kappa shape index (κ3) is 3.92. The highest BCUT2D eigenvalue weighted by molar-refractivity contribution is 7.87. The topological polar surface area (TPSA) is 105 Å². The molecule has 10 heteroatoms. The SMILES string of the molecule is CCOc1cccn2c(C(=O)N[C@H]3CCCN(S(=O)(=O)NC)C3)c(C)nc12. The van der Waals surface area contributed by atoms with Crippen molar-refractivity contribution in [2.45, 2.75) is 32.7 Å². The number of hydrogen-bond donors (Lipinski definition) is 2. The molecule has 2 N–H and O–H groups in total. The van der Waals surface area contributed by atoms with Crippen LogP contribution in [0.3, 0.4) is 0 Å². The van der Waals surface area contributed by atoms with E-state index in [9.17, 15) is 13.2 Å². The lowest BCUT2D eigenvalue weighted by Crippen LogP contribution is -2.52. The van der Waals surface area contributed by atoms with Gasteiger partial charge in [0.2, 0.25) is 0 Å². The minimum absolute atomic E-state index is 0.245. The molecule has 3 rings (SSSR count). The Hall–Kier alpha value is -2.17. The van der Waals surface area contributed by atoms with Crippen molar-refractivity contribution in [3.63, 3.8) is 0 Å². The van der Waals surface area contributed by atoms with E-state index in [-0.39, 0.29) is 18.5 Å². The molecule has 1 atom stereocenters. The van der Waals surface area contributed by atoms with Crippen LogP contribution in [0.25, 0.3) is 5.65 Å². The van der Waals surface area contributed by atoms with Gasteiger partial charge in [-0.3, -0.25) is 9.20 Å². The minimum atomic E-state index is -3.50. The van der Waals surface area contributed by atoms with Crippen LogP contribution in [-0.4, -0.2) is 60.8 Å². The highest BCUT2D eigenvalue weighted by Crippen LogP contribution is 2.22. The molecule has 27 heavy (non-hydrogen) atoms. The summed E-state index contributed by atoms with van der Waals surface area (Å²) in [6, 6.07) is 3.36. The quantitative estimate of drug-likeness (QED) is 0.749. The van der Waals surface area contributed by atoms with Crippen LogP contribution < -0.4 is 14.8 Å². The highest BCUT2D eigenvalue weighted by Gasteiger charge is 2.30. The lowest BCUT2D eigenvalue weighted by atomic mass is 10.1. The van der Waals surface area contributed by atoms with Crippen molar-refractivity contribution in [3.8, 4) is 5.75 Å². The summed E-state index contributed by atoms with van der Waals surface area (Å²) in [5.41, 5.74) is 1.61. The highest BCUT2D eigenvalue weighted by atomic mass is 32.2. The minimum Gasteiger partial charge on any atom is -0.490 e. The third-order valence-electron chi connectivity index (χ3n) is 4.62. The first-order valence-electron chi connectivity index (χ1n) is 8.97. The first kappa shape index (κ1) is 19.6. The number of nitrogens with one attached hydrogen (secondary N) is 2. The summed E-state index contributed by atoms with van der Waals surface area (Å²) in [7, 11) is -2.12. The molecule has 3 heterocycles. The van der Waals surface area contributed by atoms with E-state index in [1.807, 2.05) is 13.0 Å². The van der Waals surface area contributed by atoms with Gasteiger partial charge < -0.3 is 10.1 Å². The van der Waals surface area contributed by atoms with Crippen molar-refractivity contribution in [1.29, 1.82) is 0 Å². The fraction of sp³-hybridized carbons (Fsp3) is 0.529. The number of rotatable bonds is 6. The van der Waals surface area contributed by atoms with E-state index < -0.39 is 10.2 Å². The zero-order valence-electron chi connectivity index (χ0n) is 15.7. The number of hydrogen-bond acceptors (Lipinski definition) is 5. The summed E-state index contributed by atoms with van der Waals surface area (Å²) in [6.45, 7) is 4.86. The number of aryl methyl sites for hydroxylation is 1. The fourth-order valence-corrected chi connectivity index (χ4v) is 4.36. The molecule has 1 aliphatic rings. The number of nitrogens with zero attached hydrogens (tertiary/aromatic N) is 3. The molecule has 0 bridgehead atoms. The molecule has 0 radical (unpaired) electrons. The van der Waals surface area contributed by atoms with Crippen molar-refractivity contribution in [2.75, 3.05) is 26.7 Å². The van der Waals surface area contributed by atoms with Gasteiger partial charge >= 0.3 is 0 Å². The Morgan fingerprint density at radius 2 is 2.22 bits per heavy atom. The van der Waals surface area contributed by atoms with Gasteiger partial charge in [0.15, 0.2) is 11.4 Å². The van der Waals surface area contributed by atoms with Crippen molar-refractivity contribution in [2.24, 2.45) is 0 Å². The molecule has 0 spiro atoms. The van der Waals surface area contributed by atoms with E-state index in [0.29, 0.717) is 42.4 Å². The van der Waals surface area contributed by atoms with Gasteiger partial charge in [-0.05, 0) is 38.8 Å². The van der Waals surface area contributed by atoms with E-state index in [1.165, 1.54) is 11.4 Å². The number of piperidine rings is 1. The average molecular weight is 395 g/mol. The Morgan fingerprint density at radius 3 is 2.93 bits per heavy atom. The van der Waals surface area contributed by atoms with Gasteiger partial charge in [0.05, 0.1) is 12.3 Å². The fourth-order valence-electron chi connectivity index (χ4n) is 3.36. The van der Waals surface area contributed by atoms with Gasteiger partial charge in [-0.2, -0.15) is 12.7 Å². The molecular formula is C17H25N5O4S. The molecule has 0 saturated carbocycles. The molecule has 2 aromatic rings. The van der Waals surface area contributed by atoms with Gasteiger partial charge in [0.1, 0.15) is 5.69 Å². The maximum absolute atomic E-state index is 12.9. The van der Waals surface area contributed by atoms with Gasteiger partial charge in [0, 0.05) is 32.4 Å². The van der Waals surface area contributed by atoms with Crippen molar-refractivity contribution >= 4 is 21.8 Å². The zero-order chi connectivity index (χ0) is 19.6. The van der Waals surface area contributed by atoms with E-state index in [2.05, 4.69) is 15.0 Å². The summed E-state index contributed by atoms with van der Waals surface area (Å²) in [5, 5.41) is 2.96. The van der Waals surface area contributed by atoms with Crippen LogP contribution in [0, 0.1) is 6.92 Å². The van der Waals surface area contributed by atoms with Crippen molar-refractivity contribution < 1.29 is 17.9 Å². The second kappa shape index (κ2) is 7.83. The third-order valence-corrected chi connectivity index (χ3v) is 6.15. The lowest BCUT2D eigenvalue weighted by molar-refractivity contribution is 0.0914. The number of carbonyl (C=O) groups excluding carboxylic acids is 1. The van der Waals surface area contributed by atoms with Crippen LogP contribution in [0.2, 0.25) is 0 Å². The van der Waals surface area contributed by atoms with E-state index in [1.54, 1.807) is 23.6 Å². The smallest absolute Gasteiger partial charge is 0.279 e. The zero-order valence-corrected chi connectivity index (χ0v) is 16.5. The van der Waals surface area contributed by atoms with E-state index in [4.69, 9.17) is 4.74 Å². The number of imidazole rings is 1. The average Bonchev–Trinajstić information content (AvgIpc) is 2.99. The van der Waals surface area contributed by atoms with Crippen LogP contribution >= 0.6 is 0 Å². The molecule has 9 nitrogen and oxygen atoms in total. The molecule has 0 unspecified atom stereocenters. The molecule has 2 aromatic heterocycles. The Morgan fingerprint density at radius 1 is 1.44 bits per heavy atom. The van der Waals surface area contributed by atoms with Crippen LogP contribution in [0.4, 0.5) is 0 Å². The Kier molecular flexibility index (Phi) is 5.68. The van der Waals surface area contributed by atoms with Gasteiger partial charge in [-0.15, -0.1) is 0 Å². The first-order chi connectivity index (χ1) is 12.9. The normalized spacial score (nSPS) is 18.6. The number of fused-ring (bicyclic) bond motifs is 1. The molecular weight excluding hydrogens is 370 g/mol. The molecule has 0 aliphatic carbocycles. The molecule has 1 saturated heterocycles. The second-order valence-electron chi connectivity index (χ2n) is 6.42. The molecule has 1 amide bonds. The molecule has 0 aromatic carbocycles. The maximum atomic E-state index is 12.9. The number of aromatic nitrogens is 2. The summed E-state index contributed by atoms with van der Waals surface area (Å²) >= 11 is 0. The van der Waals surface area contributed by atoms with Gasteiger partial charge in [-0.1, -0.05) is 0 Å².